The van der Waals surface area contributed by atoms with Gasteiger partial charge in [-0.15, -0.1) is 6.58 Å². The molecule has 0 aliphatic carbocycles. The molecule has 0 N–H and O–H groups in total. The Kier molecular flexibility index (Phi) is 6.41. The molecule has 0 bridgehead atoms. The molecule has 0 radical (unpaired) electrons. The first kappa shape index (κ1) is 22.9. The Morgan fingerprint density at radius 2 is 1.89 bits per heavy atom. The highest BCUT2D eigenvalue weighted by molar-refractivity contribution is 5.97. The van der Waals surface area contributed by atoms with Crippen molar-refractivity contribution in [3.63, 3.8) is 0 Å². The molecule has 4 aromatic rings. The fourth-order valence-electron chi connectivity index (χ4n) is 5.08. The average molecular weight is 466 g/mol. The molecule has 1 unspecified atom stereocenters. The Labute approximate surface area is 206 Å². The summed E-state index contributed by atoms with van der Waals surface area (Å²) in [5.41, 5.74) is 6.47. The highest BCUT2D eigenvalue weighted by Crippen LogP contribution is 2.34. The van der Waals surface area contributed by atoms with E-state index in [-0.39, 0.29) is 11.8 Å². The minimum atomic E-state index is 0.0312. The van der Waals surface area contributed by atoms with Crippen molar-refractivity contribution in [2.45, 2.75) is 39.2 Å². The van der Waals surface area contributed by atoms with E-state index >= 15 is 0 Å². The van der Waals surface area contributed by atoms with Crippen molar-refractivity contribution in [2.24, 2.45) is 0 Å². The number of anilines is 1. The Bertz CT molecular complexity index is 1390. The van der Waals surface area contributed by atoms with Crippen molar-refractivity contribution in [2.75, 3.05) is 18.1 Å². The van der Waals surface area contributed by atoms with Crippen LogP contribution in [-0.2, 0) is 17.8 Å². The molecule has 5 rings (SSSR count). The van der Waals surface area contributed by atoms with E-state index in [1.54, 1.807) is 0 Å². The van der Waals surface area contributed by atoms with E-state index in [0.717, 1.165) is 45.8 Å². The van der Waals surface area contributed by atoms with Crippen LogP contribution in [0.2, 0.25) is 0 Å². The zero-order valence-electron chi connectivity index (χ0n) is 20.4. The molecule has 1 aliphatic heterocycles. The molecular formula is C30H31N3O2. The zero-order chi connectivity index (χ0) is 24.4. The first-order valence-electron chi connectivity index (χ1n) is 12.2. The number of amides is 1. The average Bonchev–Trinajstić information content (AvgIpc) is 3.41. The van der Waals surface area contributed by atoms with Crippen LogP contribution in [0.1, 0.15) is 34.9 Å². The largest absolute Gasteiger partial charge is 0.491 e. The van der Waals surface area contributed by atoms with Gasteiger partial charge >= 0.3 is 0 Å². The molecule has 1 saturated heterocycles. The lowest BCUT2D eigenvalue weighted by atomic mass is 10.1. The van der Waals surface area contributed by atoms with E-state index in [1.165, 1.54) is 5.56 Å². The van der Waals surface area contributed by atoms with Crippen LogP contribution in [0.25, 0.3) is 11.0 Å². The third-order valence-corrected chi connectivity index (χ3v) is 6.73. The lowest BCUT2D eigenvalue weighted by molar-refractivity contribution is -0.117. The van der Waals surface area contributed by atoms with E-state index in [1.807, 2.05) is 47.4 Å². The number of aromatic nitrogens is 2. The van der Waals surface area contributed by atoms with Crippen molar-refractivity contribution in [3.05, 3.63) is 102 Å². The van der Waals surface area contributed by atoms with Gasteiger partial charge in [0.15, 0.2) is 0 Å². The van der Waals surface area contributed by atoms with Crippen LogP contribution >= 0.6 is 0 Å². The molecule has 0 spiro atoms. The number of rotatable bonds is 8. The number of ether oxygens (including phenoxy) is 1. The lowest BCUT2D eigenvalue weighted by Gasteiger charge is -2.20. The fraction of sp³-hybridized carbons (Fsp3) is 0.267. The molecule has 2 heterocycles. The van der Waals surface area contributed by atoms with Gasteiger partial charge in [-0.05, 0) is 55.7 Å². The van der Waals surface area contributed by atoms with Crippen molar-refractivity contribution in [1.82, 2.24) is 9.55 Å². The first-order valence-corrected chi connectivity index (χ1v) is 12.2. The molecule has 1 aromatic heterocycles. The van der Waals surface area contributed by atoms with Gasteiger partial charge in [0.1, 0.15) is 18.2 Å². The van der Waals surface area contributed by atoms with Crippen molar-refractivity contribution in [1.29, 1.82) is 0 Å². The number of carbonyl (C=O) groups excluding carboxylic acids is 1. The maximum Gasteiger partial charge on any atom is 0.227 e. The number of fused-ring (bicyclic) bond motifs is 1. The maximum absolute atomic E-state index is 13.1. The fourth-order valence-corrected chi connectivity index (χ4v) is 5.08. The smallest absolute Gasteiger partial charge is 0.227 e. The normalized spacial score (nSPS) is 15.7. The summed E-state index contributed by atoms with van der Waals surface area (Å²) < 4.78 is 8.43. The molecule has 5 heteroatoms. The molecular weight excluding hydrogens is 434 g/mol. The van der Waals surface area contributed by atoms with Gasteiger partial charge in [-0.25, -0.2) is 4.98 Å². The zero-order valence-corrected chi connectivity index (χ0v) is 20.4. The van der Waals surface area contributed by atoms with Crippen molar-refractivity contribution < 1.29 is 9.53 Å². The third kappa shape index (κ3) is 4.59. The van der Waals surface area contributed by atoms with Gasteiger partial charge in [-0.3, -0.25) is 4.79 Å². The van der Waals surface area contributed by atoms with Crippen LogP contribution in [0.4, 0.5) is 5.69 Å². The molecule has 1 amide bonds. The SMILES string of the molecule is C=CCc1ccccc1OCCn1c(C2CC(=O)N(c3ccc(C)cc3C)C2)nc2ccccc21. The molecule has 3 aromatic carbocycles. The number of aryl methyl sites for hydroxylation is 2. The summed E-state index contributed by atoms with van der Waals surface area (Å²) in [6.07, 6.45) is 3.12. The molecule has 35 heavy (non-hydrogen) atoms. The molecule has 0 saturated carbocycles. The summed E-state index contributed by atoms with van der Waals surface area (Å²) in [5, 5.41) is 0. The molecule has 178 valence electrons. The second-order valence-corrected chi connectivity index (χ2v) is 9.25. The summed E-state index contributed by atoms with van der Waals surface area (Å²) in [7, 11) is 0. The van der Waals surface area contributed by atoms with E-state index in [9.17, 15) is 4.79 Å². The lowest BCUT2D eigenvalue weighted by Crippen LogP contribution is -2.25. The standard InChI is InChI=1S/C30H31N3O2/c1-4-9-23-10-5-8-13-28(23)35-17-16-32-27-12-7-6-11-25(27)31-30(32)24-19-29(34)33(20-24)26-15-14-21(2)18-22(26)3/h4-8,10-15,18,24H,1,9,16-17,19-20H2,2-3H3. The van der Waals surface area contributed by atoms with Crippen LogP contribution in [0, 0.1) is 13.8 Å². The Hall–Kier alpha value is -3.86. The van der Waals surface area contributed by atoms with E-state index < -0.39 is 0 Å². The number of benzene rings is 3. The van der Waals surface area contributed by atoms with E-state index in [0.29, 0.717) is 26.1 Å². The second kappa shape index (κ2) is 9.79. The Morgan fingerprint density at radius 3 is 2.71 bits per heavy atom. The quantitative estimate of drug-likeness (QED) is 0.301. The van der Waals surface area contributed by atoms with Gasteiger partial charge in [-0.1, -0.05) is 54.1 Å². The predicted molar refractivity (Wildman–Crippen MR) is 141 cm³/mol. The number of nitrogens with zero attached hydrogens (tertiary/aromatic N) is 3. The number of imidazole rings is 1. The predicted octanol–water partition coefficient (Wildman–Crippen LogP) is 5.98. The summed E-state index contributed by atoms with van der Waals surface area (Å²) in [6, 6.07) is 22.5. The van der Waals surface area contributed by atoms with Crippen LogP contribution in [-0.4, -0.2) is 28.6 Å². The first-order chi connectivity index (χ1) is 17.0. The van der Waals surface area contributed by atoms with Crippen LogP contribution < -0.4 is 9.64 Å². The Balaban J connectivity index is 1.40. The van der Waals surface area contributed by atoms with Gasteiger partial charge in [-0.2, -0.15) is 0 Å². The van der Waals surface area contributed by atoms with Crippen LogP contribution in [0.15, 0.2) is 79.4 Å². The van der Waals surface area contributed by atoms with Gasteiger partial charge in [0.05, 0.1) is 17.6 Å². The van der Waals surface area contributed by atoms with Gasteiger partial charge in [0, 0.05) is 24.6 Å². The molecule has 1 atom stereocenters. The van der Waals surface area contributed by atoms with Crippen molar-refractivity contribution in [3.8, 4) is 5.75 Å². The molecule has 1 aliphatic rings. The topological polar surface area (TPSA) is 47.4 Å². The minimum Gasteiger partial charge on any atom is -0.491 e. The summed E-state index contributed by atoms with van der Waals surface area (Å²) >= 11 is 0. The van der Waals surface area contributed by atoms with Crippen molar-refractivity contribution >= 4 is 22.6 Å². The molecule has 1 fully saturated rings. The highest BCUT2D eigenvalue weighted by atomic mass is 16.5. The third-order valence-electron chi connectivity index (χ3n) is 6.73. The van der Waals surface area contributed by atoms with Gasteiger partial charge < -0.3 is 14.2 Å². The highest BCUT2D eigenvalue weighted by Gasteiger charge is 2.35. The maximum atomic E-state index is 13.1. The van der Waals surface area contributed by atoms with E-state index in [4.69, 9.17) is 9.72 Å². The number of hydrogen-bond donors (Lipinski definition) is 0. The Morgan fingerprint density at radius 1 is 1.09 bits per heavy atom. The van der Waals surface area contributed by atoms with E-state index in [2.05, 4.69) is 55.3 Å². The number of para-hydroxylation sites is 3. The number of allylic oxidation sites excluding steroid dienone is 1. The summed E-state index contributed by atoms with van der Waals surface area (Å²) in [5.74, 6) is 2.02. The van der Waals surface area contributed by atoms with Gasteiger partial charge in [0.2, 0.25) is 5.91 Å². The van der Waals surface area contributed by atoms with Crippen LogP contribution in [0.5, 0.6) is 5.75 Å². The summed E-state index contributed by atoms with van der Waals surface area (Å²) in [6.45, 7) is 9.81. The minimum absolute atomic E-state index is 0.0312. The monoisotopic (exact) mass is 465 g/mol. The number of hydrogen-bond acceptors (Lipinski definition) is 3. The van der Waals surface area contributed by atoms with Crippen LogP contribution in [0.3, 0.4) is 0 Å². The number of carbonyl (C=O) groups is 1. The van der Waals surface area contributed by atoms with Gasteiger partial charge in [0.25, 0.3) is 0 Å². The summed E-state index contributed by atoms with van der Waals surface area (Å²) in [4.78, 5) is 20.0. The second-order valence-electron chi connectivity index (χ2n) is 9.25. The molecule has 5 nitrogen and oxygen atoms in total.